The van der Waals surface area contributed by atoms with E-state index in [1.807, 2.05) is 24.3 Å². The molecule has 1 aliphatic heterocycles. The van der Waals surface area contributed by atoms with E-state index in [0.29, 0.717) is 0 Å². The number of amides is 1. The lowest BCUT2D eigenvalue weighted by molar-refractivity contribution is -0.128. The molecule has 3 rings (SSSR count). The minimum Gasteiger partial charge on any atom is -0.337 e. The van der Waals surface area contributed by atoms with E-state index < -0.39 is 15.5 Å². The molecular weight excluding hydrogens is 295 g/mol. The van der Waals surface area contributed by atoms with Crippen molar-refractivity contribution in [1.82, 2.24) is 9.88 Å². The monoisotopic (exact) mass is 308 g/mol. The lowest BCUT2D eigenvalue weighted by Gasteiger charge is -2.17. The third-order valence-corrected chi connectivity index (χ3v) is 4.80. The first kappa shape index (κ1) is 13.9. The van der Waals surface area contributed by atoms with Crippen molar-refractivity contribution in [3.63, 3.8) is 0 Å². The van der Waals surface area contributed by atoms with E-state index in [1.165, 1.54) is 4.90 Å². The molecule has 7 heteroatoms. The highest BCUT2D eigenvalue weighted by Gasteiger charge is 2.38. The Labute approximate surface area is 121 Å². The lowest BCUT2D eigenvalue weighted by atomic mass is 10.1. The molecule has 1 fully saturated rings. The van der Waals surface area contributed by atoms with Crippen LogP contribution in [-0.2, 0) is 21.6 Å². The van der Waals surface area contributed by atoms with E-state index in [0.717, 1.165) is 16.3 Å². The summed E-state index contributed by atoms with van der Waals surface area (Å²) >= 11 is 0. The largest absolute Gasteiger partial charge is 0.337 e. The molecule has 0 aliphatic carbocycles. The van der Waals surface area contributed by atoms with Crippen molar-refractivity contribution < 1.29 is 17.1 Å². The average Bonchev–Trinajstić information content (AvgIpc) is 2.81. The summed E-state index contributed by atoms with van der Waals surface area (Å²) in [5, 5.41) is 0.635. The maximum absolute atomic E-state index is 13.0. The number of carbonyl (C=O) groups excluding carboxylic acids is 1. The molecule has 5 nitrogen and oxygen atoms in total. The van der Waals surface area contributed by atoms with Gasteiger partial charge in [-0.1, -0.05) is 24.3 Å². The minimum absolute atomic E-state index is 0.110. The van der Waals surface area contributed by atoms with Gasteiger partial charge in [0.15, 0.2) is 0 Å². The van der Waals surface area contributed by atoms with Crippen molar-refractivity contribution in [2.45, 2.75) is 18.2 Å². The van der Waals surface area contributed by atoms with Gasteiger partial charge in [0.2, 0.25) is 5.91 Å². The molecule has 0 radical (unpaired) electrons. The zero-order chi connectivity index (χ0) is 15.0. The summed E-state index contributed by atoms with van der Waals surface area (Å²) in [7, 11) is -4.68. The van der Waals surface area contributed by atoms with Gasteiger partial charge in [-0.15, -0.1) is 3.89 Å². The molecule has 1 saturated heterocycles. The van der Waals surface area contributed by atoms with E-state index in [1.54, 1.807) is 12.4 Å². The van der Waals surface area contributed by atoms with Crippen LogP contribution < -0.4 is 0 Å². The fraction of sp³-hybridized carbons (Fsp3) is 0.286. The molecule has 0 bridgehead atoms. The summed E-state index contributed by atoms with van der Waals surface area (Å²) in [4.78, 5) is 17.3. The fourth-order valence-corrected chi connectivity index (χ4v) is 3.29. The van der Waals surface area contributed by atoms with Crippen LogP contribution in [0.5, 0.6) is 0 Å². The smallest absolute Gasteiger partial charge is 0.307 e. The van der Waals surface area contributed by atoms with Gasteiger partial charge in [-0.3, -0.25) is 9.78 Å². The SMILES string of the molecule is O=C1CC(S(=O)(=O)F)CN1Cc1cncc2ccccc12. The Morgan fingerprint density at radius 1 is 1.29 bits per heavy atom. The van der Waals surface area contributed by atoms with Crippen molar-refractivity contribution in [3.05, 3.63) is 42.2 Å². The van der Waals surface area contributed by atoms with Crippen molar-refractivity contribution in [2.24, 2.45) is 0 Å². The summed E-state index contributed by atoms with van der Waals surface area (Å²) in [6, 6.07) is 7.59. The highest BCUT2D eigenvalue weighted by atomic mass is 32.3. The molecule has 21 heavy (non-hydrogen) atoms. The predicted octanol–water partition coefficient (Wildman–Crippen LogP) is 1.63. The molecule has 1 amide bonds. The molecule has 110 valence electrons. The molecule has 0 saturated carbocycles. The maximum Gasteiger partial charge on any atom is 0.307 e. The van der Waals surface area contributed by atoms with Crippen LogP contribution in [0.2, 0.25) is 0 Å². The van der Waals surface area contributed by atoms with Gasteiger partial charge in [0.05, 0.1) is 0 Å². The second kappa shape index (κ2) is 5.07. The first-order valence-electron chi connectivity index (χ1n) is 6.48. The van der Waals surface area contributed by atoms with Crippen molar-refractivity contribution in [1.29, 1.82) is 0 Å². The van der Waals surface area contributed by atoms with Crippen molar-refractivity contribution >= 4 is 26.9 Å². The van der Waals surface area contributed by atoms with Crippen molar-refractivity contribution in [2.75, 3.05) is 6.54 Å². The molecule has 1 aromatic carbocycles. The minimum atomic E-state index is -4.68. The van der Waals surface area contributed by atoms with E-state index in [9.17, 15) is 17.1 Å². The molecule has 0 N–H and O–H groups in total. The van der Waals surface area contributed by atoms with Crippen LogP contribution in [0.25, 0.3) is 10.8 Å². The maximum atomic E-state index is 13.0. The van der Waals surface area contributed by atoms with Crippen LogP contribution in [-0.4, -0.2) is 36.0 Å². The number of carbonyl (C=O) groups is 1. The van der Waals surface area contributed by atoms with E-state index in [-0.39, 0.29) is 25.4 Å². The molecule has 1 atom stereocenters. The van der Waals surface area contributed by atoms with Gasteiger partial charge in [0.25, 0.3) is 0 Å². The van der Waals surface area contributed by atoms with E-state index in [2.05, 4.69) is 4.98 Å². The Balaban J connectivity index is 1.88. The van der Waals surface area contributed by atoms with Crippen LogP contribution in [0.1, 0.15) is 12.0 Å². The number of halogens is 1. The summed E-state index contributed by atoms with van der Waals surface area (Å²) < 4.78 is 34.9. The third kappa shape index (κ3) is 2.73. The van der Waals surface area contributed by atoms with E-state index >= 15 is 0 Å². The number of aromatic nitrogens is 1. The Kier molecular flexibility index (Phi) is 3.36. The number of rotatable bonds is 3. The lowest BCUT2D eigenvalue weighted by Crippen LogP contribution is -2.27. The number of likely N-dealkylation sites (tertiary alicyclic amines) is 1. The first-order chi connectivity index (χ1) is 9.95. The van der Waals surface area contributed by atoms with Crippen LogP contribution in [0.4, 0.5) is 3.89 Å². The van der Waals surface area contributed by atoms with Gasteiger partial charge in [-0.25, -0.2) is 0 Å². The standard InChI is InChI=1S/C14H13FN2O3S/c15-21(19,20)12-5-14(18)17(9-12)8-11-7-16-6-10-3-1-2-4-13(10)11/h1-4,6-7,12H,5,8-9H2. The third-order valence-electron chi connectivity index (χ3n) is 3.69. The second-order valence-electron chi connectivity index (χ2n) is 5.10. The van der Waals surface area contributed by atoms with Crippen molar-refractivity contribution in [3.8, 4) is 0 Å². The Bertz CT molecular complexity index is 801. The molecule has 1 aliphatic rings. The number of fused-ring (bicyclic) bond motifs is 1. The summed E-state index contributed by atoms with van der Waals surface area (Å²) in [5.74, 6) is -0.353. The van der Waals surface area contributed by atoms with Crippen LogP contribution in [0, 0.1) is 0 Å². The van der Waals surface area contributed by atoms with Gasteiger partial charge in [0.1, 0.15) is 5.25 Å². The molecule has 1 aromatic heterocycles. The Hall–Kier alpha value is -2.02. The Morgan fingerprint density at radius 3 is 2.76 bits per heavy atom. The van der Waals surface area contributed by atoms with Crippen LogP contribution in [0.3, 0.4) is 0 Å². The molecule has 0 spiro atoms. The number of benzene rings is 1. The van der Waals surface area contributed by atoms with E-state index in [4.69, 9.17) is 0 Å². The number of hydrogen-bond acceptors (Lipinski definition) is 4. The van der Waals surface area contributed by atoms with Gasteiger partial charge in [-0.05, 0) is 10.9 Å². The van der Waals surface area contributed by atoms with Crippen LogP contribution in [0.15, 0.2) is 36.7 Å². The van der Waals surface area contributed by atoms with Gasteiger partial charge in [-0.2, -0.15) is 8.42 Å². The van der Waals surface area contributed by atoms with Gasteiger partial charge in [0, 0.05) is 37.3 Å². The van der Waals surface area contributed by atoms with Gasteiger partial charge >= 0.3 is 10.2 Å². The summed E-state index contributed by atoms with van der Waals surface area (Å²) in [6.45, 7) is 0.125. The number of hydrogen-bond donors (Lipinski definition) is 0. The predicted molar refractivity (Wildman–Crippen MR) is 75.6 cm³/mol. The fourth-order valence-electron chi connectivity index (χ4n) is 2.59. The number of pyridine rings is 1. The normalized spacial score (nSPS) is 19.4. The zero-order valence-electron chi connectivity index (χ0n) is 11.1. The van der Waals surface area contributed by atoms with Gasteiger partial charge < -0.3 is 4.90 Å². The summed E-state index contributed by atoms with van der Waals surface area (Å²) in [6.07, 6.45) is 3.07. The number of nitrogens with zero attached hydrogens (tertiary/aromatic N) is 2. The second-order valence-corrected chi connectivity index (χ2v) is 6.71. The average molecular weight is 308 g/mol. The molecule has 2 aromatic rings. The molecule has 1 unspecified atom stereocenters. The molecule has 2 heterocycles. The highest BCUT2D eigenvalue weighted by molar-refractivity contribution is 7.87. The van der Waals surface area contributed by atoms with Crippen LogP contribution >= 0.6 is 0 Å². The molecular formula is C14H13FN2O3S. The first-order valence-corrected chi connectivity index (χ1v) is 7.92. The highest BCUT2D eigenvalue weighted by Crippen LogP contribution is 2.24. The topological polar surface area (TPSA) is 67.3 Å². The Morgan fingerprint density at radius 2 is 2.05 bits per heavy atom. The quantitative estimate of drug-likeness (QED) is 0.808. The summed E-state index contributed by atoms with van der Waals surface area (Å²) in [5.41, 5.74) is 0.818. The zero-order valence-corrected chi connectivity index (χ0v) is 11.9.